The minimum Gasteiger partial charge on any atom is -0.286 e. The van der Waals surface area contributed by atoms with Crippen LogP contribution in [0.2, 0.25) is 0 Å². The Morgan fingerprint density at radius 2 is 2.23 bits per heavy atom. The van der Waals surface area contributed by atoms with Crippen LogP contribution in [0.4, 0.5) is 0 Å². The van der Waals surface area contributed by atoms with Gasteiger partial charge in [-0.2, -0.15) is 10.2 Å². The number of rotatable bonds is 5. The first-order valence-corrected chi connectivity index (χ1v) is 8.13. The van der Waals surface area contributed by atoms with E-state index in [9.17, 15) is 0 Å². The van der Waals surface area contributed by atoms with Crippen molar-refractivity contribution in [1.29, 1.82) is 0 Å². The van der Waals surface area contributed by atoms with E-state index in [1.807, 2.05) is 11.6 Å². The summed E-state index contributed by atoms with van der Waals surface area (Å²) in [7, 11) is 0. The van der Waals surface area contributed by atoms with Crippen molar-refractivity contribution >= 4 is 0 Å². The van der Waals surface area contributed by atoms with Gasteiger partial charge in [-0.25, -0.2) is 14.6 Å². The standard InChI is InChI=1S/C15H25N7/c1-11(2)8-22-14(16-10-17-22)9-21-7-5-4-6-13(21)15-18-12(3)19-20-15/h10-11,13H,4-9H2,1-3H3,(H,18,19,20)/t13-/m0/s1. The van der Waals surface area contributed by atoms with Gasteiger partial charge in [-0.1, -0.05) is 20.3 Å². The second-order valence-corrected chi connectivity index (χ2v) is 6.51. The maximum absolute atomic E-state index is 4.53. The molecule has 1 aliphatic rings. The van der Waals surface area contributed by atoms with E-state index in [4.69, 9.17) is 0 Å². The second kappa shape index (κ2) is 6.56. The van der Waals surface area contributed by atoms with Crippen molar-refractivity contribution in [3.63, 3.8) is 0 Å². The van der Waals surface area contributed by atoms with Gasteiger partial charge in [0.05, 0.1) is 12.6 Å². The molecule has 0 amide bonds. The lowest BCUT2D eigenvalue weighted by atomic mass is 10.0. The summed E-state index contributed by atoms with van der Waals surface area (Å²) >= 11 is 0. The van der Waals surface area contributed by atoms with Crippen LogP contribution in [0, 0.1) is 12.8 Å². The Bertz CT molecular complexity index is 601. The summed E-state index contributed by atoms with van der Waals surface area (Å²) in [4.78, 5) is 11.4. The summed E-state index contributed by atoms with van der Waals surface area (Å²) in [5.74, 6) is 3.39. The fourth-order valence-corrected chi connectivity index (χ4v) is 3.07. The van der Waals surface area contributed by atoms with E-state index in [2.05, 4.69) is 44.0 Å². The highest BCUT2D eigenvalue weighted by atomic mass is 15.4. The van der Waals surface area contributed by atoms with Crippen LogP contribution in [-0.4, -0.2) is 41.4 Å². The molecule has 0 spiro atoms. The van der Waals surface area contributed by atoms with Crippen LogP contribution in [0.5, 0.6) is 0 Å². The Hall–Kier alpha value is -1.76. The Labute approximate surface area is 131 Å². The molecule has 0 bridgehead atoms. The molecule has 1 fully saturated rings. The highest BCUT2D eigenvalue weighted by Crippen LogP contribution is 2.29. The molecule has 1 saturated heterocycles. The molecule has 0 aromatic carbocycles. The van der Waals surface area contributed by atoms with Crippen molar-refractivity contribution in [2.24, 2.45) is 5.92 Å². The summed E-state index contributed by atoms with van der Waals surface area (Å²) in [6.45, 7) is 9.13. The van der Waals surface area contributed by atoms with Crippen LogP contribution in [0.25, 0.3) is 0 Å². The van der Waals surface area contributed by atoms with Crippen molar-refractivity contribution < 1.29 is 0 Å². The summed E-state index contributed by atoms with van der Waals surface area (Å²) in [6, 6.07) is 0.280. The van der Waals surface area contributed by atoms with Gasteiger partial charge in [0.15, 0.2) is 5.82 Å². The normalized spacial score (nSPS) is 19.9. The van der Waals surface area contributed by atoms with Crippen molar-refractivity contribution in [3.8, 4) is 0 Å². The molecular weight excluding hydrogens is 278 g/mol. The molecule has 2 aromatic heterocycles. The average Bonchev–Trinajstić information content (AvgIpc) is 3.09. The molecule has 2 aromatic rings. The molecule has 1 aliphatic heterocycles. The van der Waals surface area contributed by atoms with Gasteiger partial charge in [0.25, 0.3) is 0 Å². The number of nitrogens with one attached hydrogen (secondary N) is 1. The molecule has 1 N–H and O–H groups in total. The molecule has 7 heteroatoms. The topological polar surface area (TPSA) is 75.5 Å². The average molecular weight is 303 g/mol. The third-order valence-corrected chi connectivity index (χ3v) is 4.10. The van der Waals surface area contributed by atoms with Crippen LogP contribution < -0.4 is 0 Å². The molecule has 120 valence electrons. The van der Waals surface area contributed by atoms with Gasteiger partial charge in [-0.3, -0.25) is 10.00 Å². The van der Waals surface area contributed by atoms with Gasteiger partial charge in [-0.05, 0) is 32.2 Å². The molecule has 0 aliphatic carbocycles. The summed E-state index contributed by atoms with van der Waals surface area (Å²) in [5.41, 5.74) is 0. The fourth-order valence-electron chi connectivity index (χ4n) is 3.07. The van der Waals surface area contributed by atoms with Crippen LogP contribution in [0.15, 0.2) is 6.33 Å². The highest BCUT2D eigenvalue weighted by Gasteiger charge is 2.28. The molecule has 7 nitrogen and oxygen atoms in total. The number of aromatic nitrogens is 6. The molecule has 0 saturated carbocycles. The van der Waals surface area contributed by atoms with Crippen molar-refractivity contribution in [1.82, 2.24) is 34.8 Å². The van der Waals surface area contributed by atoms with Crippen molar-refractivity contribution in [2.45, 2.75) is 59.2 Å². The zero-order valence-corrected chi connectivity index (χ0v) is 13.7. The Morgan fingerprint density at radius 3 is 2.95 bits per heavy atom. The van der Waals surface area contributed by atoms with Crippen LogP contribution >= 0.6 is 0 Å². The van der Waals surface area contributed by atoms with E-state index in [1.54, 1.807) is 6.33 Å². The van der Waals surface area contributed by atoms with Gasteiger partial charge < -0.3 is 0 Å². The lowest BCUT2D eigenvalue weighted by Crippen LogP contribution is -2.34. The zero-order valence-electron chi connectivity index (χ0n) is 13.7. The van der Waals surface area contributed by atoms with Crippen LogP contribution in [-0.2, 0) is 13.1 Å². The molecule has 3 rings (SSSR count). The molecule has 0 unspecified atom stereocenters. The van der Waals surface area contributed by atoms with Crippen molar-refractivity contribution in [3.05, 3.63) is 23.8 Å². The predicted molar refractivity (Wildman–Crippen MR) is 83.0 cm³/mol. The minimum absolute atomic E-state index is 0.280. The first kappa shape index (κ1) is 15.1. The summed E-state index contributed by atoms with van der Waals surface area (Å²) < 4.78 is 2.03. The van der Waals surface area contributed by atoms with E-state index in [-0.39, 0.29) is 6.04 Å². The second-order valence-electron chi connectivity index (χ2n) is 6.51. The zero-order chi connectivity index (χ0) is 15.5. The van der Waals surface area contributed by atoms with Gasteiger partial charge in [0, 0.05) is 6.54 Å². The summed E-state index contributed by atoms with van der Waals surface area (Å²) in [6.07, 6.45) is 5.22. The Kier molecular flexibility index (Phi) is 4.52. The number of H-pyrrole nitrogens is 1. The monoisotopic (exact) mass is 303 g/mol. The van der Waals surface area contributed by atoms with Crippen LogP contribution in [0.1, 0.15) is 56.6 Å². The quantitative estimate of drug-likeness (QED) is 0.915. The maximum Gasteiger partial charge on any atom is 0.167 e. The minimum atomic E-state index is 0.280. The van der Waals surface area contributed by atoms with Gasteiger partial charge >= 0.3 is 0 Å². The smallest absolute Gasteiger partial charge is 0.167 e. The van der Waals surface area contributed by atoms with Crippen molar-refractivity contribution in [2.75, 3.05) is 6.54 Å². The van der Waals surface area contributed by atoms with Crippen LogP contribution in [0.3, 0.4) is 0 Å². The predicted octanol–water partition coefficient (Wildman–Crippen LogP) is 2.09. The molecular formula is C15H25N7. The first-order valence-electron chi connectivity index (χ1n) is 8.13. The maximum atomic E-state index is 4.53. The van der Waals surface area contributed by atoms with E-state index in [1.165, 1.54) is 12.8 Å². The van der Waals surface area contributed by atoms with E-state index in [0.717, 1.165) is 43.5 Å². The highest BCUT2D eigenvalue weighted by molar-refractivity contribution is 4.99. The third-order valence-electron chi connectivity index (χ3n) is 4.10. The van der Waals surface area contributed by atoms with Gasteiger partial charge in [0.1, 0.15) is 18.0 Å². The first-order chi connectivity index (χ1) is 10.6. The molecule has 3 heterocycles. The number of likely N-dealkylation sites (tertiary alicyclic amines) is 1. The third kappa shape index (κ3) is 3.35. The van der Waals surface area contributed by atoms with Gasteiger partial charge in [-0.15, -0.1) is 0 Å². The number of hydrogen-bond acceptors (Lipinski definition) is 5. The van der Waals surface area contributed by atoms with Gasteiger partial charge in [0.2, 0.25) is 0 Å². The number of aromatic amines is 1. The Balaban J connectivity index is 1.76. The molecule has 0 radical (unpaired) electrons. The summed E-state index contributed by atoms with van der Waals surface area (Å²) in [5, 5.41) is 11.7. The molecule has 1 atom stereocenters. The van der Waals surface area contributed by atoms with E-state index < -0.39 is 0 Å². The SMILES string of the molecule is Cc1nc([C@@H]2CCCCN2Cc2ncnn2CC(C)C)n[nH]1. The largest absolute Gasteiger partial charge is 0.286 e. The number of hydrogen-bond donors (Lipinski definition) is 1. The number of aryl methyl sites for hydroxylation is 1. The number of nitrogens with zero attached hydrogens (tertiary/aromatic N) is 6. The lowest BCUT2D eigenvalue weighted by molar-refractivity contribution is 0.128. The van der Waals surface area contributed by atoms with E-state index in [0.29, 0.717) is 5.92 Å². The number of piperidine rings is 1. The van der Waals surface area contributed by atoms with E-state index >= 15 is 0 Å². The lowest BCUT2D eigenvalue weighted by Gasteiger charge is -2.33. The fraction of sp³-hybridized carbons (Fsp3) is 0.733. The molecule has 22 heavy (non-hydrogen) atoms. The Morgan fingerprint density at radius 1 is 1.36 bits per heavy atom.